The van der Waals surface area contributed by atoms with Crippen molar-refractivity contribution in [2.45, 2.75) is 25.3 Å². The maximum Gasteiger partial charge on any atom is 0.411 e. The Morgan fingerprint density at radius 1 is 1.24 bits per heavy atom. The van der Waals surface area contributed by atoms with Crippen LogP contribution < -0.4 is 16.0 Å². The second-order valence-electron chi connectivity index (χ2n) is 7.28. The van der Waals surface area contributed by atoms with Gasteiger partial charge in [0.05, 0.1) is 36.0 Å². The van der Waals surface area contributed by atoms with Gasteiger partial charge < -0.3 is 20.2 Å². The fourth-order valence-electron chi connectivity index (χ4n) is 2.99. The summed E-state index contributed by atoms with van der Waals surface area (Å²) in [4.78, 5) is 37.9. The van der Waals surface area contributed by atoms with Crippen LogP contribution in [0.4, 0.5) is 14.9 Å². The number of carbonyl (C=O) groups is 3. The minimum Gasteiger partial charge on any atom is -0.453 e. The zero-order valence-electron chi connectivity index (χ0n) is 18.3. The quantitative estimate of drug-likeness (QED) is 0.454. The van der Waals surface area contributed by atoms with Gasteiger partial charge in [0.2, 0.25) is 5.91 Å². The van der Waals surface area contributed by atoms with Crippen LogP contribution in [0.1, 0.15) is 17.8 Å². The van der Waals surface area contributed by atoms with E-state index in [1.807, 2.05) is 7.05 Å². The molecule has 0 aliphatic heterocycles. The normalized spacial score (nSPS) is 12.5. The second kappa shape index (κ2) is 11.5. The predicted molar refractivity (Wildman–Crippen MR) is 126 cm³/mol. The van der Waals surface area contributed by atoms with Crippen molar-refractivity contribution >= 4 is 45.5 Å². The molecule has 3 aromatic rings. The molecule has 0 spiro atoms. The first-order chi connectivity index (χ1) is 15.9. The number of methoxy groups -OCH3 is 1. The number of nitrogens with one attached hydrogen (secondary N) is 3. The number of hydrogen-bond donors (Lipinski definition) is 3. The van der Waals surface area contributed by atoms with E-state index in [4.69, 9.17) is 0 Å². The number of nitrogens with zero attached hydrogens (tertiary/aromatic N) is 1. The number of carbonyl (C=O) groups excluding carboxylic acids is 3. The molecule has 174 valence electrons. The minimum atomic E-state index is -0.657. The summed E-state index contributed by atoms with van der Waals surface area (Å²) >= 11 is 1.26. The maximum atomic E-state index is 14.7. The second-order valence-corrected chi connectivity index (χ2v) is 8.40. The molecule has 1 aliphatic carbocycles. The summed E-state index contributed by atoms with van der Waals surface area (Å²) in [5.74, 6) is -0.839. The first kappa shape index (κ1) is 24.3. The summed E-state index contributed by atoms with van der Waals surface area (Å²) < 4.78 is 20.0. The smallest absolute Gasteiger partial charge is 0.411 e. The summed E-state index contributed by atoms with van der Waals surface area (Å²) in [7, 11) is 3.26. The Balaban J connectivity index is 0.000000541. The lowest BCUT2D eigenvalue weighted by molar-refractivity contribution is -0.121. The van der Waals surface area contributed by atoms with Crippen LogP contribution in [0, 0.1) is 5.82 Å². The lowest BCUT2D eigenvalue weighted by atomic mass is 10.0. The summed E-state index contributed by atoms with van der Waals surface area (Å²) in [6, 6.07) is 10.6. The van der Waals surface area contributed by atoms with Crippen molar-refractivity contribution in [3.8, 4) is 11.1 Å². The number of anilines is 1. The first-order valence-electron chi connectivity index (χ1n) is 10.4. The Kier molecular flexibility index (Phi) is 8.45. The highest BCUT2D eigenvalue weighted by Gasteiger charge is 2.17. The van der Waals surface area contributed by atoms with Gasteiger partial charge in [0.15, 0.2) is 0 Å². The summed E-state index contributed by atoms with van der Waals surface area (Å²) in [6.07, 6.45) is 2.74. The van der Waals surface area contributed by atoms with Gasteiger partial charge in [0.1, 0.15) is 17.1 Å². The third-order valence-electron chi connectivity index (χ3n) is 4.84. The highest BCUT2D eigenvalue weighted by Crippen LogP contribution is 2.34. The van der Waals surface area contributed by atoms with Gasteiger partial charge in [-0.05, 0) is 32.0 Å². The molecule has 0 radical (unpaired) electrons. The largest absolute Gasteiger partial charge is 0.453 e. The molecule has 1 aromatic heterocycles. The summed E-state index contributed by atoms with van der Waals surface area (Å²) in [5.41, 5.74) is 1.62. The Morgan fingerprint density at radius 2 is 2.00 bits per heavy atom. The summed E-state index contributed by atoms with van der Waals surface area (Å²) in [6.45, 7) is -0.0630. The maximum absolute atomic E-state index is 14.7. The van der Waals surface area contributed by atoms with Gasteiger partial charge in [-0.25, -0.2) is 14.2 Å². The fourth-order valence-corrected chi connectivity index (χ4v) is 3.98. The third kappa shape index (κ3) is 6.80. The van der Waals surface area contributed by atoms with Crippen molar-refractivity contribution in [2.75, 3.05) is 26.0 Å². The van der Waals surface area contributed by atoms with Gasteiger partial charge in [0, 0.05) is 23.2 Å². The molecule has 0 saturated heterocycles. The van der Waals surface area contributed by atoms with E-state index in [1.165, 1.54) is 37.4 Å². The molecule has 0 bridgehead atoms. The van der Waals surface area contributed by atoms with Gasteiger partial charge in [-0.3, -0.25) is 10.1 Å². The molecular weight excluding hydrogens is 447 g/mol. The van der Waals surface area contributed by atoms with Crippen LogP contribution in [0.15, 0.2) is 36.4 Å². The highest BCUT2D eigenvalue weighted by atomic mass is 32.1. The molecule has 4 rings (SSSR count). The zero-order chi connectivity index (χ0) is 23.8. The van der Waals surface area contributed by atoms with E-state index < -0.39 is 11.9 Å². The molecule has 33 heavy (non-hydrogen) atoms. The Hall–Kier alpha value is -3.37. The first-order valence-corrected chi connectivity index (χ1v) is 11.2. The van der Waals surface area contributed by atoms with Crippen molar-refractivity contribution < 1.29 is 23.5 Å². The number of amides is 2. The van der Waals surface area contributed by atoms with E-state index in [1.54, 1.807) is 30.3 Å². The van der Waals surface area contributed by atoms with Crippen LogP contribution in [-0.4, -0.2) is 50.0 Å². The van der Waals surface area contributed by atoms with Crippen LogP contribution in [0.25, 0.3) is 21.3 Å². The highest BCUT2D eigenvalue weighted by molar-refractivity contribution is 7.18. The number of para-hydroxylation sites is 1. The SMILES string of the molecule is CNC1CC1.COC(=O)Nc1ccccc1-c1cc2sc(CC(=O)NCC=O)nc2cc1F. The molecule has 0 atom stereocenters. The lowest BCUT2D eigenvalue weighted by Crippen LogP contribution is -2.26. The molecule has 1 saturated carbocycles. The van der Waals surface area contributed by atoms with Gasteiger partial charge >= 0.3 is 6.09 Å². The van der Waals surface area contributed by atoms with Gasteiger partial charge in [0.25, 0.3) is 0 Å². The number of fused-ring (bicyclic) bond motifs is 1. The monoisotopic (exact) mass is 472 g/mol. The molecule has 1 fully saturated rings. The van der Waals surface area contributed by atoms with Crippen molar-refractivity contribution in [1.82, 2.24) is 15.6 Å². The van der Waals surface area contributed by atoms with Crippen LogP contribution in [0.3, 0.4) is 0 Å². The average molecular weight is 473 g/mol. The summed E-state index contributed by atoms with van der Waals surface area (Å²) in [5, 5.41) is 8.65. The van der Waals surface area contributed by atoms with Crippen LogP contribution in [-0.2, 0) is 20.7 Å². The van der Waals surface area contributed by atoms with E-state index in [0.717, 1.165) is 6.04 Å². The van der Waals surface area contributed by atoms with E-state index in [-0.39, 0.29) is 18.9 Å². The number of benzene rings is 2. The van der Waals surface area contributed by atoms with Crippen molar-refractivity contribution in [2.24, 2.45) is 0 Å². The van der Waals surface area contributed by atoms with Crippen LogP contribution >= 0.6 is 11.3 Å². The molecule has 2 aromatic carbocycles. The van der Waals surface area contributed by atoms with E-state index in [2.05, 4.69) is 25.7 Å². The van der Waals surface area contributed by atoms with Gasteiger partial charge in [-0.2, -0.15) is 0 Å². The van der Waals surface area contributed by atoms with Gasteiger partial charge in [-0.1, -0.05) is 18.2 Å². The zero-order valence-corrected chi connectivity index (χ0v) is 19.1. The number of aldehydes is 1. The van der Waals surface area contributed by atoms with E-state index in [0.29, 0.717) is 38.3 Å². The third-order valence-corrected chi connectivity index (χ3v) is 5.86. The van der Waals surface area contributed by atoms with E-state index in [9.17, 15) is 18.8 Å². The molecule has 1 heterocycles. The molecule has 2 amide bonds. The van der Waals surface area contributed by atoms with Crippen molar-refractivity contribution in [1.29, 1.82) is 0 Å². The Morgan fingerprint density at radius 3 is 2.64 bits per heavy atom. The predicted octanol–water partition coefficient (Wildman–Crippen LogP) is 3.51. The number of thiazole rings is 1. The van der Waals surface area contributed by atoms with Crippen LogP contribution in [0.2, 0.25) is 0 Å². The number of halogens is 1. The van der Waals surface area contributed by atoms with Gasteiger partial charge in [-0.15, -0.1) is 11.3 Å². The Bertz CT molecular complexity index is 1150. The Labute approximate surface area is 194 Å². The topological polar surface area (TPSA) is 109 Å². The molecule has 10 heteroatoms. The van der Waals surface area contributed by atoms with Crippen molar-refractivity contribution in [3.63, 3.8) is 0 Å². The van der Waals surface area contributed by atoms with Crippen LogP contribution in [0.5, 0.6) is 0 Å². The minimum absolute atomic E-state index is 0.00459. The standard InChI is InChI=1S/C19H16FN3O4S.C4H9N/c1-27-19(26)23-14-5-3-2-4-11(14)12-8-16-15(9-13(12)20)22-18(28-16)10-17(25)21-6-7-24;1-5-4-2-3-4/h2-5,7-9H,6,10H2,1H3,(H,21,25)(H,23,26);4-5H,2-3H2,1H3. The average Bonchev–Trinajstić information content (AvgIpc) is 3.58. The fraction of sp³-hybridized carbons (Fsp3) is 0.304. The molecule has 8 nitrogen and oxygen atoms in total. The molecule has 1 aliphatic rings. The number of aromatic nitrogens is 1. The number of ether oxygens (including phenoxy) is 1. The number of hydrogen-bond acceptors (Lipinski definition) is 7. The number of rotatable bonds is 7. The molecule has 3 N–H and O–H groups in total. The molecule has 0 unspecified atom stereocenters. The lowest BCUT2D eigenvalue weighted by Gasteiger charge is -2.11. The van der Waals surface area contributed by atoms with E-state index >= 15 is 0 Å². The van der Waals surface area contributed by atoms with Crippen molar-refractivity contribution in [3.05, 3.63) is 47.2 Å². The molecular formula is C23H25FN4O4S.